The van der Waals surface area contributed by atoms with Crippen molar-refractivity contribution in [2.24, 2.45) is 5.73 Å². The number of nitrogens with two attached hydrogens (primary N) is 1. The highest BCUT2D eigenvalue weighted by Crippen LogP contribution is 2.04. The Hall–Kier alpha value is -1.61. The lowest BCUT2D eigenvalue weighted by Gasteiger charge is -2.21. The van der Waals surface area contributed by atoms with Crippen molar-refractivity contribution >= 4 is 5.91 Å². The molecule has 0 fully saturated rings. The van der Waals surface area contributed by atoms with Gasteiger partial charge < -0.3 is 10.6 Å². The lowest BCUT2D eigenvalue weighted by molar-refractivity contribution is -0.130. The van der Waals surface area contributed by atoms with E-state index in [0.717, 1.165) is 19.4 Å². The summed E-state index contributed by atoms with van der Waals surface area (Å²) < 4.78 is 0. The van der Waals surface area contributed by atoms with Crippen LogP contribution in [0.15, 0.2) is 43.0 Å². The fourth-order valence-electron chi connectivity index (χ4n) is 1.79. The molecule has 0 saturated carbocycles. The number of amides is 1. The SMILES string of the molecule is C=CCN(CCc1ccccc1)C(=O)CCCN. The Balaban J connectivity index is 2.47. The third-order valence-corrected chi connectivity index (χ3v) is 2.81. The van der Waals surface area contributed by atoms with E-state index in [0.29, 0.717) is 19.5 Å². The Morgan fingerprint density at radius 2 is 2.06 bits per heavy atom. The average Bonchev–Trinajstić information content (AvgIpc) is 2.42. The zero-order chi connectivity index (χ0) is 13.2. The molecule has 0 spiro atoms. The summed E-state index contributed by atoms with van der Waals surface area (Å²) in [4.78, 5) is 13.8. The van der Waals surface area contributed by atoms with Gasteiger partial charge in [-0.3, -0.25) is 4.79 Å². The Bertz CT molecular complexity index is 362. The van der Waals surface area contributed by atoms with Gasteiger partial charge in [0.2, 0.25) is 5.91 Å². The first-order valence-electron chi connectivity index (χ1n) is 6.40. The molecule has 0 bridgehead atoms. The molecule has 98 valence electrons. The number of carbonyl (C=O) groups excluding carboxylic acids is 1. The molecule has 1 aromatic carbocycles. The molecule has 0 aliphatic rings. The van der Waals surface area contributed by atoms with E-state index in [4.69, 9.17) is 5.73 Å². The summed E-state index contributed by atoms with van der Waals surface area (Å²) in [6.07, 6.45) is 3.92. The van der Waals surface area contributed by atoms with Gasteiger partial charge in [-0.05, 0) is 24.9 Å². The Kier molecular flexibility index (Phi) is 6.81. The van der Waals surface area contributed by atoms with E-state index in [-0.39, 0.29) is 5.91 Å². The van der Waals surface area contributed by atoms with E-state index in [1.807, 2.05) is 23.1 Å². The van der Waals surface area contributed by atoms with Crippen molar-refractivity contribution in [3.63, 3.8) is 0 Å². The van der Waals surface area contributed by atoms with Crippen LogP contribution in [0.2, 0.25) is 0 Å². The fourth-order valence-corrected chi connectivity index (χ4v) is 1.79. The van der Waals surface area contributed by atoms with Crippen LogP contribution in [0.1, 0.15) is 18.4 Å². The van der Waals surface area contributed by atoms with Crippen molar-refractivity contribution < 1.29 is 4.79 Å². The smallest absolute Gasteiger partial charge is 0.222 e. The van der Waals surface area contributed by atoms with Crippen molar-refractivity contribution in [1.82, 2.24) is 4.90 Å². The number of hydrogen-bond donors (Lipinski definition) is 1. The number of hydrogen-bond acceptors (Lipinski definition) is 2. The van der Waals surface area contributed by atoms with Crippen LogP contribution in [-0.4, -0.2) is 30.4 Å². The average molecular weight is 246 g/mol. The second-order valence-electron chi connectivity index (χ2n) is 4.26. The van der Waals surface area contributed by atoms with Crippen LogP contribution in [0, 0.1) is 0 Å². The maximum absolute atomic E-state index is 11.9. The summed E-state index contributed by atoms with van der Waals surface area (Å²) in [6, 6.07) is 10.2. The Labute approximate surface area is 109 Å². The molecule has 0 aromatic heterocycles. The molecule has 0 radical (unpaired) electrons. The third kappa shape index (κ3) is 5.15. The van der Waals surface area contributed by atoms with Crippen molar-refractivity contribution in [1.29, 1.82) is 0 Å². The predicted octanol–water partition coefficient (Wildman–Crippen LogP) is 1.98. The van der Waals surface area contributed by atoms with Crippen LogP contribution < -0.4 is 5.73 Å². The largest absolute Gasteiger partial charge is 0.339 e. The van der Waals surface area contributed by atoms with Crippen LogP contribution in [0.3, 0.4) is 0 Å². The van der Waals surface area contributed by atoms with Crippen molar-refractivity contribution in [2.45, 2.75) is 19.3 Å². The third-order valence-electron chi connectivity index (χ3n) is 2.81. The molecule has 0 aliphatic carbocycles. The highest BCUT2D eigenvalue weighted by Gasteiger charge is 2.11. The molecular weight excluding hydrogens is 224 g/mol. The summed E-state index contributed by atoms with van der Waals surface area (Å²) in [6.45, 7) is 5.60. The van der Waals surface area contributed by atoms with Gasteiger partial charge in [-0.1, -0.05) is 36.4 Å². The van der Waals surface area contributed by atoms with Crippen LogP contribution in [0.5, 0.6) is 0 Å². The van der Waals surface area contributed by atoms with E-state index >= 15 is 0 Å². The Morgan fingerprint density at radius 3 is 2.67 bits per heavy atom. The second kappa shape index (κ2) is 8.48. The molecule has 0 atom stereocenters. The van der Waals surface area contributed by atoms with Gasteiger partial charge in [0.05, 0.1) is 0 Å². The van der Waals surface area contributed by atoms with E-state index in [1.54, 1.807) is 6.08 Å². The first kappa shape index (κ1) is 14.5. The first-order valence-corrected chi connectivity index (χ1v) is 6.40. The number of nitrogens with zero attached hydrogens (tertiary/aromatic N) is 1. The monoisotopic (exact) mass is 246 g/mol. The normalized spacial score (nSPS) is 10.1. The van der Waals surface area contributed by atoms with Crippen molar-refractivity contribution in [3.8, 4) is 0 Å². The molecule has 3 heteroatoms. The zero-order valence-corrected chi connectivity index (χ0v) is 10.8. The topological polar surface area (TPSA) is 46.3 Å². The molecule has 1 aromatic rings. The van der Waals surface area contributed by atoms with E-state index in [1.165, 1.54) is 5.56 Å². The minimum absolute atomic E-state index is 0.163. The van der Waals surface area contributed by atoms with E-state index in [9.17, 15) is 4.79 Å². The van der Waals surface area contributed by atoms with Crippen LogP contribution in [-0.2, 0) is 11.2 Å². The van der Waals surface area contributed by atoms with Crippen molar-refractivity contribution in [3.05, 3.63) is 48.6 Å². The van der Waals surface area contributed by atoms with Gasteiger partial charge in [0, 0.05) is 19.5 Å². The van der Waals surface area contributed by atoms with Gasteiger partial charge in [-0.25, -0.2) is 0 Å². The quantitative estimate of drug-likeness (QED) is 0.713. The minimum atomic E-state index is 0.163. The van der Waals surface area contributed by atoms with E-state index < -0.39 is 0 Å². The molecule has 1 amide bonds. The highest BCUT2D eigenvalue weighted by molar-refractivity contribution is 5.76. The summed E-state index contributed by atoms with van der Waals surface area (Å²) in [5.41, 5.74) is 6.67. The number of benzene rings is 1. The summed E-state index contributed by atoms with van der Waals surface area (Å²) in [5, 5.41) is 0. The lowest BCUT2D eigenvalue weighted by atomic mass is 10.1. The molecule has 0 unspecified atom stereocenters. The molecule has 3 nitrogen and oxygen atoms in total. The standard InChI is InChI=1S/C15H22N2O/c1-2-12-17(15(18)9-6-11-16)13-10-14-7-4-3-5-8-14/h2-5,7-8H,1,6,9-13,16H2. The lowest BCUT2D eigenvalue weighted by Crippen LogP contribution is -2.33. The van der Waals surface area contributed by atoms with E-state index in [2.05, 4.69) is 18.7 Å². The summed E-state index contributed by atoms with van der Waals surface area (Å²) >= 11 is 0. The molecule has 2 N–H and O–H groups in total. The molecule has 0 heterocycles. The van der Waals surface area contributed by atoms with Crippen LogP contribution in [0.25, 0.3) is 0 Å². The molecule has 18 heavy (non-hydrogen) atoms. The Morgan fingerprint density at radius 1 is 1.33 bits per heavy atom. The maximum atomic E-state index is 11.9. The van der Waals surface area contributed by atoms with Crippen LogP contribution in [0.4, 0.5) is 0 Å². The molecular formula is C15H22N2O. The van der Waals surface area contributed by atoms with Gasteiger partial charge in [0.25, 0.3) is 0 Å². The summed E-state index contributed by atoms with van der Waals surface area (Å²) in [5.74, 6) is 0.163. The van der Waals surface area contributed by atoms with Gasteiger partial charge >= 0.3 is 0 Å². The van der Waals surface area contributed by atoms with Crippen molar-refractivity contribution in [2.75, 3.05) is 19.6 Å². The maximum Gasteiger partial charge on any atom is 0.222 e. The second-order valence-corrected chi connectivity index (χ2v) is 4.26. The molecule has 0 saturated heterocycles. The van der Waals surface area contributed by atoms with Gasteiger partial charge in [0.1, 0.15) is 0 Å². The summed E-state index contributed by atoms with van der Waals surface area (Å²) in [7, 11) is 0. The predicted molar refractivity (Wildman–Crippen MR) is 75.2 cm³/mol. The van der Waals surface area contributed by atoms with Gasteiger partial charge in [-0.15, -0.1) is 6.58 Å². The molecule has 1 rings (SSSR count). The van der Waals surface area contributed by atoms with Crippen LogP contribution >= 0.6 is 0 Å². The zero-order valence-electron chi connectivity index (χ0n) is 10.8. The molecule has 0 aliphatic heterocycles. The highest BCUT2D eigenvalue weighted by atomic mass is 16.2. The van der Waals surface area contributed by atoms with Gasteiger partial charge in [0.15, 0.2) is 0 Å². The number of rotatable bonds is 8. The van der Waals surface area contributed by atoms with Gasteiger partial charge in [-0.2, -0.15) is 0 Å². The minimum Gasteiger partial charge on any atom is -0.339 e. The first-order chi connectivity index (χ1) is 8.77. The fraction of sp³-hybridized carbons (Fsp3) is 0.400. The number of carbonyl (C=O) groups is 1.